The minimum absolute atomic E-state index is 0.138. The third-order valence-electron chi connectivity index (χ3n) is 2.45. The lowest BCUT2D eigenvalue weighted by molar-refractivity contribution is 0.0954. The first-order valence-electron chi connectivity index (χ1n) is 5.55. The molecule has 7 heteroatoms. The van der Waals surface area contributed by atoms with Gasteiger partial charge in [0.15, 0.2) is 0 Å². The SMILES string of the molecule is CNc1cnccc1C(=O)NCCc1ncn[nH]1. The molecule has 2 aromatic rings. The highest BCUT2D eigenvalue weighted by Crippen LogP contribution is 2.11. The third kappa shape index (κ3) is 2.82. The summed E-state index contributed by atoms with van der Waals surface area (Å²) in [6, 6.07) is 1.68. The number of nitrogens with zero attached hydrogens (tertiary/aromatic N) is 3. The van der Waals surface area contributed by atoms with Gasteiger partial charge in [-0.2, -0.15) is 5.10 Å². The number of carbonyl (C=O) groups is 1. The summed E-state index contributed by atoms with van der Waals surface area (Å²) >= 11 is 0. The van der Waals surface area contributed by atoms with E-state index in [1.165, 1.54) is 6.33 Å². The molecule has 2 aromatic heterocycles. The highest BCUT2D eigenvalue weighted by molar-refractivity contribution is 5.99. The number of hydrogen-bond donors (Lipinski definition) is 3. The van der Waals surface area contributed by atoms with Crippen molar-refractivity contribution in [1.29, 1.82) is 0 Å². The molecule has 0 atom stereocenters. The Morgan fingerprint density at radius 2 is 2.39 bits per heavy atom. The monoisotopic (exact) mass is 246 g/mol. The van der Waals surface area contributed by atoms with E-state index in [0.717, 1.165) is 5.82 Å². The topological polar surface area (TPSA) is 95.6 Å². The lowest BCUT2D eigenvalue weighted by Crippen LogP contribution is -2.26. The molecule has 2 heterocycles. The van der Waals surface area contributed by atoms with Crippen LogP contribution >= 0.6 is 0 Å². The predicted octanol–water partition coefficient (Wildman–Crippen LogP) is 0.214. The second kappa shape index (κ2) is 5.76. The van der Waals surface area contributed by atoms with Crippen LogP contribution in [0.3, 0.4) is 0 Å². The molecule has 0 fully saturated rings. The van der Waals surface area contributed by atoms with Crippen molar-refractivity contribution in [2.75, 3.05) is 18.9 Å². The molecule has 0 radical (unpaired) electrons. The van der Waals surface area contributed by atoms with Gasteiger partial charge in [0.1, 0.15) is 12.2 Å². The van der Waals surface area contributed by atoms with E-state index >= 15 is 0 Å². The molecule has 18 heavy (non-hydrogen) atoms. The van der Waals surface area contributed by atoms with Crippen molar-refractivity contribution in [3.63, 3.8) is 0 Å². The van der Waals surface area contributed by atoms with E-state index in [4.69, 9.17) is 0 Å². The van der Waals surface area contributed by atoms with Crippen LogP contribution in [0.25, 0.3) is 0 Å². The fourth-order valence-electron chi connectivity index (χ4n) is 1.53. The van der Waals surface area contributed by atoms with E-state index in [0.29, 0.717) is 24.2 Å². The molecular formula is C11H14N6O. The number of anilines is 1. The molecule has 0 bridgehead atoms. The molecule has 0 spiro atoms. The van der Waals surface area contributed by atoms with Crippen LogP contribution < -0.4 is 10.6 Å². The molecule has 0 aromatic carbocycles. The Labute approximate surface area is 104 Å². The zero-order valence-electron chi connectivity index (χ0n) is 9.97. The van der Waals surface area contributed by atoms with E-state index < -0.39 is 0 Å². The van der Waals surface area contributed by atoms with Gasteiger partial charge in [0, 0.05) is 26.2 Å². The summed E-state index contributed by atoms with van der Waals surface area (Å²) in [5.41, 5.74) is 1.28. The summed E-state index contributed by atoms with van der Waals surface area (Å²) < 4.78 is 0. The van der Waals surface area contributed by atoms with E-state index in [1.54, 1.807) is 25.5 Å². The second-order valence-electron chi connectivity index (χ2n) is 3.61. The number of hydrogen-bond acceptors (Lipinski definition) is 5. The van der Waals surface area contributed by atoms with Gasteiger partial charge in [0.2, 0.25) is 0 Å². The van der Waals surface area contributed by atoms with Crippen molar-refractivity contribution in [3.05, 3.63) is 36.2 Å². The number of rotatable bonds is 5. The average molecular weight is 246 g/mol. The molecule has 7 nitrogen and oxygen atoms in total. The van der Waals surface area contributed by atoms with Crippen molar-refractivity contribution < 1.29 is 4.79 Å². The van der Waals surface area contributed by atoms with Crippen LogP contribution in [0.2, 0.25) is 0 Å². The van der Waals surface area contributed by atoms with Crippen molar-refractivity contribution in [2.45, 2.75) is 6.42 Å². The fraction of sp³-hybridized carbons (Fsp3) is 0.273. The first kappa shape index (κ1) is 12.0. The number of aromatic nitrogens is 4. The molecule has 0 saturated carbocycles. The number of amides is 1. The standard InChI is InChI=1S/C11H14N6O/c1-12-9-6-13-4-2-8(9)11(18)14-5-3-10-15-7-16-17-10/h2,4,6-7,12H,3,5H2,1H3,(H,14,18)(H,15,16,17). The summed E-state index contributed by atoms with van der Waals surface area (Å²) in [4.78, 5) is 19.9. The maximum atomic E-state index is 11.9. The van der Waals surface area contributed by atoms with Gasteiger partial charge in [-0.25, -0.2) is 4.98 Å². The summed E-state index contributed by atoms with van der Waals surface area (Å²) in [6.45, 7) is 0.500. The van der Waals surface area contributed by atoms with Crippen LogP contribution in [0.15, 0.2) is 24.8 Å². The van der Waals surface area contributed by atoms with Crippen molar-refractivity contribution in [3.8, 4) is 0 Å². The molecule has 94 valence electrons. The molecule has 0 aliphatic heterocycles. The largest absolute Gasteiger partial charge is 0.386 e. The highest BCUT2D eigenvalue weighted by Gasteiger charge is 2.09. The minimum Gasteiger partial charge on any atom is -0.386 e. The van der Waals surface area contributed by atoms with Gasteiger partial charge in [-0.05, 0) is 6.07 Å². The lowest BCUT2D eigenvalue weighted by Gasteiger charge is -2.08. The summed E-state index contributed by atoms with van der Waals surface area (Å²) in [5.74, 6) is 0.611. The Balaban J connectivity index is 1.91. The maximum absolute atomic E-state index is 11.9. The average Bonchev–Trinajstić information content (AvgIpc) is 2.91. The first-order valence-corrected chi connectivity index (χ1v) is 5.55. The molecule has 0 aliphatic rings. The summed E-state index contributed by atoms with van der Waals surface area (Å²) in [5, 5.41) is 12.2. The van der Waals surface area contributed by atoms with E-state index in [2.05, 4.69) is 30.8 Å². The van der Waals surface area contributed by atoms with Crippen LogP contribution in [0.5, 0.6) is 0 Å². The Bertz CT molecular complexity index is 510. The minimum atomic E-state index is -0.138. The van der Waals surface area contributed by atoms with Gasteiger partial charge in [0.25, 0.3) is 5.91 Å². The van der Waals surface area contributed by atoms with Crippen LogP contribution in [-0.4, -0.2) is 39.7 Å². The molecule has 0 aliphatic carbocycles. The zero-order valence-corrected chi connectivity index (χ0v) is 9.97. The van der Waals surface area contributed by atoms with Crippen molar-refractivity contribution in [2.24, 2.45) is 0 Å². The lowest BCUT2D eigenvalue weighted by atomic mass is 10.2. The number of carbonyl (C=O) groups excluding carboxylic acids is 1. The smallest absolute Gasteiger partial charge is 0.253 e. The van der Waals surface area contributed by atoms with Crippen molar-refractivity contribution in [1.82, 2.24) is 25.5 Å². The van der Waals surface area contributed by atoms with E-state index in [1.807, 2.05) is 0 Å². The van der Waals surface area contributed by atoms with Gasteiger partial charge in [-0.15, -0.1) is 0 Å². The van der Waals surface area contributed by atoms with Gasteiger partial charge in [0.05, 0.1) is 17.4 Å². The third-order valence-corrected chi connectivity index (χ3v) is 2.45. The Kier molecular flexibility index (Phi) is 3.85. The summed E-state index contributed by atoms with van der Waals surface area (Å²) in [7, 11) is 1.75. The fourth-order valence-corrected chi connectivity index (χ4v) is 1.53. The summed E-state index contributed by atoms with van der Waals surface area (Å²) in [6.07, 6.45) is 5.27. The Morgan fingerprint density at radius 3 is 3.11 bits per heavy atom. The maximum Gasteiger partial charge on any atom is 0.253 e. The van der Waals surface area contributed by atoms with Gasteiger partial charge < -0.3 is 10.6 Å². The number of pyridine rings is 1. The Hall–Kier alpha value is -2.44. The molecule has 1 amide bonds. The quantitative estimate of drug-likeness (QED) is 0.701. The molecule has 0 unspecified atom stereocenters. The van der Waals surface area contributed by atoms with Gasteiger partial charge >= 0.3 is 0 Å². The van der Waals surface area contributed by atoms with E-state index in [-0.39, 0.29) is 5.91 Å². The normalized spacial score (nSPS) is 10.1. The van der Waals surface area contributed by atoms with Crippen LogP contribution in [0.1, 0.15) is 16.2 Å². The molecular weight excluding hydrogens is 232 g/mol. The zero-order chi connectivity index (χ0) is 12.8. The predicted molar refractivity (Wildman–Crippen MR) is 66.2 cm³/mol. The molecule has 0 saturated heterocycles. The van der Waals surface area contributed by atoms with E-state index in [9.17, 15) is 4.79 Å². The number of nitrogens with one attached hydrogen (secondary N) is 3. The highest BCUT2D eigenvalue weighted by atomic mass is 16.1. The van der Waals surface area contributed by atoms with Gasteiger partial charge in [-0.3, -0.25) is 14.9 Å². The van der Waals surface area contributed by atoms with Crippen LogP contribution in [0.4, 0.5) is 5.69 Å². The number of aromatic amines is 1. The molecule has 3 N–H and O–H groups in total. The van der Waals surface area contributed by atoms with Crippen molar-refractivity contribution >= 4 is 11.6 Å². The Morgan fingerprint density at radius 1 is 1.50 bits per heavy atom. The van der Waals surface area contributed by atoms with Crippen LogP contribution in [-0.2, 0) is 6.42 Å². The molecule has 2 rings (SSSR count). The second-order valence-corrected chi connectivity index (χ2v) is 3.61. The number of H-pyrrole nitrogens is 1. The van der Waals surface area contributed by atoms with Gasteiger partial charge in [-0.1, -0.05) is 0 Å². The first-order chi connectivity index (χ1) is 8.81. The van der Waals surface area contributed by atoms with Crippen LogP contribution in [0, 0.1) is 0 Å².